The quantitative estimate of drug-likeness (QED) is 0.776. The minimum Gasteiger partial charge on any atom is -0.393 e. The molecule has 4 nitrogen and oxygen atoms in total. The topological polar surface area (TPSA) is 52.6 Å². The van der Waals surface area contributed by atoms with Gasteiger partial charge >= 0.3 is 6.03 Å². The first-order valence-corrected chi connectivity index (χ1v) is 6.90. The zero-order valence-corrected chi connectivity index (χ0v) is 11.1. The molecule has 0 spiro atoms. The molecule has 0 atom stereocenters. The van der Waals surface area contributed by atoms with Gasteiger partial charge in [0.15, 0.2) is 0 Å². The van der Waals surface area contributed by atoms with Gasteiger partial charge in [-0.15, -0.1) is 0 Å². The fourth-order valence-electron chi connectivity index (χ4n) is 2.34. The zero-order valence-electron chi connectivity index (χ0n) is 11.1. The van der Waals surface area contributed by atoms with E-state index in [1.165, 1.54) is 0 Å². The predicted molar refractivity (Wildman–Crippen MR) is 68.9 cm³/mol. The smallest absolute Gasteiger partial charge is 0.317 e. The molecule has 100 valence electrons. The Labute approximate surface area is 104 Å². The molecule has 0 saturated heterocycles. The number of aliphatic hydroxyl groups is 1. The lowest BCUT2D eigenvalue weighted by Crippen LogP contribution is -2.46. The van der Waals surface area contributed by atoms with E-state index >= 15 is 0 Å². The Balaban J connectivity index is 2.35. The van der Waals surface area contributed by atoms with Crippen molar-refractivity contribution in [3.8, 4) is 0 Å². The first kappa shape index (κ1) is 14.3. The van der Waals surface area contributed by atoms with Crippen molar-refractivity contribution in [2.75, 3.05) is 13.1 Å². The lowest BCUT2D eigenvalue weighted by Gasteiger charge is -2.29. The number of urea groups is 1. The van der Waals surface area contributed by atoms with Crippen molar-refractivity contribution in [3.05, 3.63) is 0 Å². The molecule has 2 N–H and O–H groups in total. The van der Waals surface area contributed by atoms with Crippen LogP contribution >= 0.6 is 0 Å². The molecule has 0 heterocycles. The standard InChI is InChI=1S/C13H26N2O2/c1-3-9-15(10-4-2)13(17)14-11-5-7-12(16)8-6-11/h11-12,16H,3-10H2,1-2H3,(H,14,17). The third-order valence-electron chi connectivity index (χ3n) is 3.30. The first-order chi connectivity index (χ1) is 8.17. The molecular weight excluding hydrogens is 216 g/mol. The second kappa shape index (κ2) is 7.54. The maximum absolute atomic E-state index is 12.0. The second-order valence-corrected chi connectivity index (χ2v) is 4.94. The van der Waals surface area contributed by atoms with E-state index < -0.39 is 0 Å². The molecule has 0 aromatic rings. The van der Waals surface area contributed by atoms with Crippen molar-refractivity contribution in [3.63, 3.8) is 0 Å². The average Bonchev–Trinajstić information content (AvgIpc) is 2.32. The van der Waals surface area contributed by atoms with Crippen LogP contribution < -0.4 is 5.32 Å². The predicted octanol–water partition coefficient (Wildman–Crippen LogP) is 2.12. The minimum absolute atomic E-state index is 0.0649. The maximum atomic E-state index is 12.0. The van der Waals surface area contributed by atoms with Gasteiger partial charge in [0.25, 0.3) is 0 Å². The maximum Gasteiger partial charge on any atom is 0.317 e. The van der Waals surface area contributed by atoms with E-state index in [9.17, 15) is 9.90 Å². The Morgan fingerprint density at radius 1 is 1.18 bits per heavy atom. The number of hydrogen-bond donors (Lipinski definition) is 2. The van der Waals surface area contributed by atoms with Gasteiger partial charge in [0, 0.05) is 19.1 Å². The van der Waals surface area contributed by atoms with Gasteiger partial charge in [-0.3, -0.25) is 0 Å². The highest BCUT2D eigenvalue weighted by molar-refractivity contribution is 5.74. The van der Waals surface area contributed by atoms with Crippen LogP contribution in [0.2, 0.25) is 0 Å². The Morgan fingerprint density at radius 2 is 1.71 bits per heavy atom. The molecule has 0 radical (unpaired) electrons. The van der Waals surface area contributed by atoms with Gasteiger partial charge in [0.05, 0.1) is 6.10 Å². The summed E-state index contributed by atoms with van der Waals surface area (Å²) in [6, 6.07) is 0.317. The van der Waals surface area contributed by atoms with E-state index in [1.54, 1.807) is 0 Å². The van der Waals surface area contributed by atoms with Crippen LogP contribution in [0, 0.1) is 0 Å². The van der Waals surface area contributed by atoms with Crippen LogP contribution in [-0.4, -0.2) is 41.3 Å². The largest absolute Gasteiger partial charge is 0.393 e. The molecule has 4 heteroatoms. The molecule has 17 heavy (non-hydrogen) atoms. The van der Waals surface area contributed by atoms with Crippen molar-refractivity contribution in [1.29, 1.82) is 0 Å². The van der Waals surface area contributed by atoms with Crippen LogP contribution in [0.4, 0.5) is 4.79 Å². The lowest BCUT2D eigenvalue weighted by atomic mass is 9.93. The van der Waals surface area contributed by atoms with E-state index in [0.717, 1.165) is 51.6 Å². The summed E-state index contributed by atoms with van der Waals surface area (Å²) >= 11 is 0. The minimum atomic E-state index is -0.162. The SMILES string of the molecule is CCCN(CCC)C(=O)NC1CCC(O)CC1. The van der Waals surface area contributed by atoms with Gasteiger partial charge in [0.1, 0.15) is 0 Å². The number of amides is 2. The van der Waals surface area contributed by atoms with Crippen LogP contribution in [0.5, 0.6) is 0 Å². The summed E-state index contributed by atoms with van der Waals surface area (Å²) in [5.41, 5.74) is 0. The van der Waals surface area contributed by atoms with Gasteiger partial charge in [-0.1, -0.05) is 13.8 Å². The fraction of sp³-hybridized carbons (Fsp3) is 0.923. The van der Waals surface area contributed by atoms with E-state index in [-0.39, 0.29) is 18.2 Å². The number of nitrogens with one attached hydrogen (secondary N) is 1. The van der Waals surface area contributed by atoms with Gasteiger partial charge in [-0.2, -0.15) is 0 Å². The summed E-state index contributed by atoms with van der Waals surface area (Å²) in [5.74, 6) is 0. The number of rotatable bonds is 5. The van der Waals surface area contributed by atoms with Gasteiger partial charge < -0.3 is 15.3 Å². The summed E-state index contributed by atoms with van der Waals surface area (Å²) in [5, 5.41) is 12.5. The number of carbonyl (C=O) groups excluding carboxylic acids is 1. The molecule has 2 amide bonds. The number of carbonyl (C=O) groups is 1. The van der Waals surface area contributed by atoms with Gasteiger partial charge in [-0.25, -0.2) is 4.79 Å². The van der Waals surface area contributed by atoms with Crippen LogP contribution in [0.25, 0.3) is 0 Å². The molecule has 0 aromatic heterocycles. The zero-order chi connectivity index (χ0) is 12.7. The molecule has 1 fully saturated rings. The van der Waals surface area contributed by atoms with E-state index in [0.29, 0.717) is 0 Å². The Morgan fingerprint density at radius 3 is 2.18 bits per heavy atom. The second-order valence-electron chi connectivity index (χ2n) is 4.94. The van der Waals surface area contributed by atoms with Crippen molar-refractivity contribution >= 4 is 6.03 Å². The van der Waals surface area contributed by atoms with Crippen molar-refractivity contribution in [2.45, 2.75) is 64.5 Å². The molecule has 1 aliphatic rings. The van der Waals surface area contributed by atoms with Crippen LogP contribution in [-0.2, 0) is 0 Å². The van der Waals surface area contributed by atoms with Crippen molar-refractivity contribution in [1.82, 2.24) is 10.2 Å². The molecule has 1 rings (SSSR count). The number of nitrogens with zero attached hydrogens (tertiary/aromatic N) is 1. The molecule has 1 saturated carbocycles. The molecule has 1 aliphatic carbocycles. The van der Waals surface area contributed by atoms with Crippen molar-refractivity contribution < 1.29 is 9.90 Å². The summed E-state index contributed by atoms with van der Waals surface area (Å²) in [6.45, 7) is 5.84. The van der Waals surface area contributed by atoms with E-state index in [2.05, 4.69) is 19.2 Å². The first-order valence-electron chi connectivity index (χ1n) is 6.90. The average molecular weight is 242 g/mol. The highest BCUT2D eigenvalue weighted by Crippen LogP contribution is 2.18. The third-order valence-corrected chi connectivity index (χ3v) is 3.30. The molecular formula is C13H26N2O2. The van der Waals surface area contributed by atoms with Crippen LogP contribution in [0.3, 0.4) is 0 Å². The Kier molecular flexibility index (Phi) is 6.34. The molecule has 0 bridgehead atoms. The fourth-order valence-corrected chi connectivity index (χ4v) is 2.34. The normalized spacial score (nSPS) is 24.4. The van der Waals surface area contributed by atoms with Crippen LogP contribution in [0.1, 0.15) is 52.4 Å². The third kappa shape index (κ3) is 4.94. The van der Waals surface area contributed by atoms with Gasteiger partial charge in [-0.05, 0) is 38.5 Å². The van der Waals surface area contributed by atoms with Gasteiger partial charge in [0.2, 0.25) is 0 Å². The Bertz CT molecular complexity index is 219. The number of aliphatic hydroxyl groups excluding tert-OH is 1. The summed E-state index contributed by atoms with van der Waals surface area (Å²) < 4.78 is 0. The van der Waals surface area contributed by atoms with Crippen molar-refractivity contribution in [2.24, 2.45) is 0 Å². The highest BCUT2D eigenvalue weighted by atomic mass is 16.3. The molecule has 0 aliphatic heterocycles. The number of hydrogen-bond acceptors (Lipinski definition) is 2. The van der Waals surface area contributed by atoms with E-state index in [1.807, 2.05) is 4.90 Å². The molecule has 0 aromatic carbocycles. The highest BCUT2D eigenvalue weighted by Gasteiger charge is 2.22. The monoisotopic (exact) mass is 242 g/mol. The van der Waals surface area contributed by atoms with E-state index in [4.69, 9.17) is 0 Å². The Hall–Kier alpha value is -0.770. The van der Waals surface area contributed by atoms with Crippen LogP contribution in [0.15, 0.2) is 0 Å². The molecule has 0 unspecified atom stereocenters. The summed E-state index contributed by atoms with van der Waals surface area (Å²) in [4.78, 5) is 13.9. The summed E-state index contributed by atoms with van der Waals surface area (Å²) in [6.07, 6.45) is 5.26. The summed E-state index contributed by atoms with van der Waals surface area (Å²) in [7, 11) is 0. The lowest BCUT2D eigenvalue weighted by molar-refractivity contribution is 0.115.